The first-order valence-electron chi connectivity index (χ1n) is 8.11. The molecular weight excluding hydrogens is 519 g/mol. The molecule has 180 valence electrons. The van der Waals surface area contributed by atoms with Crippen LogP contribution < -0.4 is 15.4 Å². The van der Waals surface area contributed by atoms with Gasteiger partial charge >= 0.3 is 24.9 Å². The molecule has 0 saturated heterocycles. The van der Waals surface area contributed by atoms with E-state index in [-0.39, 0.29) is 5.69 Å². The van der Waals surface area contributed by atoms with Crippen molar-refractivity contribution in [3.05, 3.63) is 57.6 Å². The number of nitrogens with one attached hydrogen (secondary N) is 2. The summed E-state index contributed by atoms with van der Waals surface area (Å²) in [4.78, 5) is 23.7. The average molecular weight is 527 g/mol. The van der Waals surface area contributed by atoms with Gasteiger partial charge in [-0.2, -0.15) is 8.78 Å². The number of hydrogen-bond acceptors (Lipinski definition) is 4. The van der Waals surface area contributed by atoms with Crippen LogP contribution in [0, 0.1) is 11.6 Å². The number of benzene rings is 2. The summed E-state index contributed by atoms with van der Waals surface area (Å²) in [6.45, 7) is 0. The van der Waals surface area contributed by atoms with E-state index in [2.05, 4.69) is 9.47 Å². The Hall–Kier alpha value is -2.84. The lowest BCUT2D eigenvalue weighted by Crippen LogP contribution is -2.41. The van der Waals surface area contributed by atoms with E-state index in [9.17, 15) is 44.7 Å². The second kappa shape index (κ2) is 9.97. The molecule has 0 saturated carbocycles. The molecule has 2 rings (SSSR count). The minimum absolute atomic E-state index is 0.386. The predicted molar refractivity (Wildman–Crippen MR) is 96.9 cm³/mol. The molecule has 3 amide bonds. The van der Waals surface area contributed by atoms with Crippen molar-refractivity contribution < 1.29 is 54.2 Å². The molecule has 0 aliphatic rings. The lowest BCUT2D eigenvalue weighted by Gasteiger charge is -2.23. The maximum Gasteiger partial charge on any atom is 0.525 e. The summed E-state index contributed by atoms with van der Waals surface area (Å²) in [6.07, 6.45) is -15.2. The first-order chi connectivity index (χ1) is 15.1. The minimum Gasteiger partial charge on any atom is -0.425 e. The molecule has 33 heavy (non-hydrogen) atoms. The molecular formula is C17H8Cl2F8N2O4. The van der Waals surface area contributed by atoms with Crippen LogP contribution in [0.5, 0.6) is 5.75 Å². The van der Waals surface area contributed by atoms with Crippen LogP contribution in [0.15, 0.2) is 30.3 Å². The molecule has 0 aliphatic carbocycles. The summed E-state index contributed by atoms with van der Waals surface area (Å²) in [7, 11) is 0. The highest BCUT2D eigenvalue weighted by Crippen LogP contribution is 2.41. The van der Waals surface area contributed by atoms with Crippen LogP contribution in [-0.4, -0.2) is 30.8 Å². The predicted octanol–water partition coefficient (Wildman–Crippen LogP) is 6.04. The Morgan fingerprint density at radius 1 is 0.970 bits per heavy atom. The zero-order valence-corrected chi connectivity index (χ0v) is 16.9. The molecule has 1 atom stereocenters. The molecule has 0 radical (unpaired) electrons. The summed E-state index contributed by atoms with van der Waals surface area (Å²) in [5, 5.41) is 1.85. The maximum absolute atomic E-state index is 13.6. The van der Waals surface area contributed by atoms with Crippen molar-refractivity contribution in [2.45, 2.75) is 18.8 Å². The molecule has 1 unspecified atom stereocenters. The Labute approximate surface area is 188 Å². The zero-order valence-electron chi connectivity index (χ0n) is 15.4. The molecule has 2 aromatic carbocycles. The number of rotatable bonds is 6. The van der Waals surface area contributed by atoms with Crippen molar-refractivity contribution in [2.75, 3.05) is 5.32 Å². The molecule has 0 bridgehead atoms. The Kier molecular flexibility index (Phi) is 7.98. The molecule has 0 fully saturated rings. The van der Waals surface area contributed by atoms with Crippen molar-refractivity contribution in [2.24, 2.45) is 0 Å². The van der Waals surface area contributed by atoms with Gasteiger partial charge in [-0.1, -0.05) is 29.3 Å². The van der Waals surface area contributed by atoms with Crippen molar-refractivity contribution in [3.63, 3.8) is 0 Å². The van der Waals surface area contributed by atoms with Crippen LogP contribution in [0.2, 0.25) is 10.0 Å². The third-order valence-electron chi connectivity index (χ3n) is 3.41. The number of urea groups is 1. The van der Waals surface area contributed by atoms with E-state index in [0.29, 0.717) is 12.1 Å². The Balaban J connectivity index is 2.13. The van der Waals surface area contributed by atoms with Crippen molar-refractivity contribution in [1.29, 1.82) is 0 Å². The highest BCUT2D eigenvalue weighted by molar-refractivity contribution is 6.37. The summed E-state index contributed by atoms with van der Waals surface area (Å²) in [6, 6.07) is 2.49. The second-order valence-electron chi connectivity index (χ2n) is 5.82. The largest absolute Gasteiger partial charge is 0.525 e. The molecule has 0 spiro atoms. The van der Waals surface area contributed by atoms with Gasteiger partial charge in [0.1, 0.15) is 17.2 Å². The van der Waals surface area contributed by atoms with Crippen molar-refractivity contribution in [3.8, 4) is 5.75 Å². The third-order valence-corrected chi connectivity index (χ3v) is 3.97. The van der Waals surface area contributed by atoms with Gasteiger partial charge in [-0.3, -0.25) is 10.1 Å². The number of carbonyl (C=O) groups is 2. The van der Waals surface area contributed by atoms with Crippen LogP contribution in [0.3, 0.4) is 0 Å². The number of ether oxygens (including phenoxy) is 2. The first kappa shape index (κ1) is 26.4. The van der Waals surface area contributed by atoms with Gasteiger partial charge in [0.25, 0.3) is 5.91 Å². The number of hydrogen-bond donors (Lipinski definition) is 2. The van der Waals surface area contributed by atoms with Gasteiger partial charge in [0.2, 0.25) is 0 Å². The topological polar surface area (TPSA) is 76.7 Å². The number of carbonyl (C=O) groups excluding carboxylic acids is 2. The highest BCUT2D eigenvalue weighted by atomic mass is 35.5. The van der Waals surface area contributed by atoms with E-state index in [1.165, 1.54) is 0 Å². The number of amides is 3. The number of alkyl halides is 6. The normalized spacial score (nSPS) is 12.8. The zero-order chi connectivity index (χ0) is 25.1. The average Bonchev–Trinajstić information content (AvgIpc) is 2.63. The fourth-order valence-electron chi connectivity index (χ4n) is 2.14. The van der Waals surface area contributed by atoms with Crippen LogP contribution in [-0.2, 0) is 4.74 Å². The highest BCUT2D eigenvalue weighted by Gasteiger charge is 2.51. The van der Waals surface area contributed by atoms with Gasteiger partial charge in [-0.05, 0) is 24.3 Å². The van der Waals surface area contributed by atoms with Crippen LogP contribution in [0.1, 0.15) is 10.4 Å². The molecule has 6 nitrogen and oxygen atoms in total. The fraction of sp³-hybridized carbons (Fsp3) is 0.176. The molecule has 2 N–H and O–H groups in total. The fourth-order valence-corrected chi connectivity index (χ4v) is 2.70. The van der Waals surface area contributed by atoms with Gasteiger partial charge in [0.05, 0.1) is 10.0 Å². The van der Waals surface area contributed by atoms with E-state index < -0.39 is 63.8 Å². The Morgan fingerprint density at radius 3 is 1.97 bits per heavy atom. The number of halogens is 10. The monoisotopic (exact) mass is 526 g/mol. The van der Waals surface area contributed by atoms with Crippen molar-refractivity contribution in [1.82, 2.24) is 5.32 Å². The van der Waals surface area contributed by atoms with E-state index in [0.717, 1.165) is 18.2 Å². The van der Waals surface area contributed by atoms with Crippen LogP contribution >= 0.6 is 23.2 Å². The Bertz CT molecular complexity index is 1020. The third kappa shape index (κ3) is 7.07. The van der Waals surface area contributed by atoms with Crippen molar-refractivity contribution >= 4 is 40.8 Å². The number of imide groups is 1. The minimum atomic E-state index is -5.75. The maximum atomic E-state index is 13.6. The van der Waals surface area contributed by atoms with Gasteiger partial charge in [0.15, 0.2) is 5.75 Å². The molecule has 16 heteroatoms. The summed E-state index contributed by atoms with van der Waals surface area (Å²) < 4.78 is 110. The SMILES string of the molecule is O=C(NC(=O)c1c(F)cccc1F)Nc1cc(Cl)c(OC(F)(F)C(F)OC(F)(F)F)c(Cl)c1. The summed E-state index contributed by atoms with van der Waals surface area (Å²) >= 11 is 11.3. The van der Waals surface area contributed by atoms with Gasteiger partial charge in [0, 0.05) is 5.69 Å². The molecule has 0 aliphatic heterocycles. The van der Waals surface area contributed by atoms with Gasteiger partial charge in [-0.25, -0.2) is 22.7 Å². The standard InChI is InChI=1S/C17H8Cl2F8N2O4/c18-7-4-6(28-15(31)29-13(30)11-9(20)2-1-3-10(11)21)5-8(19)12(7)32-16(23,24)14(22)33-17(25,26)27/h1-5,14H,(H2,28,29,30,31). The molecule has 2 aromatic rings. The van der Waals surface area contributed by atoms with E-state index in [1.807, 2.05) is 5.32 Å². The van der Waals surface area contributed by atoms with Crippen LogP contribution in [0.4, 0.5) is 45.6 Å². The lowest BCUT2D eigenvalue weighted by atomic mass is 10.2. The second-order valence-corrected chi connectivity index (χ2v) is 6.63. The smallest absolute Gasteiger partial charge is 0.425 e. The first-order valence-corrected chi connectivity index (χ1v) is 8.87. The molecule has 0 heterocycles. The van der Waals surface area contributed by atoms with Gasteiger partial charge < -0.3 is 10.1 Å². The van der Waals surface area contributed by atoms with E-state index >= 15 is 0 Å². The molecule has 0 aromatic heterocycles. The van der Waals surface area contributed by atoms with E-state index in [4.69, 9.17) is 23.2 Å². The van der Waals surface area contributed by atoms with Gasteiger partial charge in [-0.15, -0.1) is 13.2 Å². The van der Waals surface area contributed by atoms with Crippen LogP contribution in [0.25, 0.3) is 0 Å². The lowest BCUT2D eigenvalue weighted by molar-refractivity contribution is -0.411. The van der Waals surface area contributed by atoms with E-state index in [1.54, 1.807) is 5.32 Å². The quantitative estimate of drug-likeness (QED) is 0.450. The number of anilines is 1. The Morgan fingerprint density at radius 2 is 1.48 bits per heavy atom. The summed E-state index contributed by atoms with van der Waals surface area (Å²) in [5.74, 6) is -5.19. The summed E-state index contributed by atoms with van der Waals surface area (Å²) in [5.41, 5.74) is -1.46.